The molecular formula is C17H16F3N3O2S. The number of halogens is 3. The number of H-pyrrole nitrogens is 1. The number of alkyl halides is 3. The number of aromatic nitrogens is 2. The molecular weight excluding hydrogens is 367 g/mol. The zero-order valence-electron chi connectivity index (χ0n) is 13.6. The van der Waals surface area contributed by atoms with E-state index in [1.807, 2.05) is 0 Å². The molecule has 5 nitrogen and oxygen atoms in total. The van der Waals surface area contributed by atoms with Gasteiger partial charge in [0.05, 0.1) is 17.7 Å². The maximum atomic E-state index is 12.7. The van der Waals surface area contributed by atoms with E-state index in [4.69, 9.17) is 0 Å². The summed E-state index contributed by atoms with van der Waals surface area (Å²) in [4.78, 5) is 30.3. The van der Waals surface area contributed by atoms with Gasteiger partial charge in [-0.1, -0.05) is 30.0 Å². The number of rotatable bonds is 6. The van der Waals surface area contributed by atoms with E-state index in [0.717, 1.165) is 36.7 Å². The molecule has 26 heavy (non-hydrogen) atoms. The smallest absolute Gasteiger partial charge is 0.353 e. The standard InChI is InChI=1S/C17H16F3N3O2S/c18-17(19,20)11-3-1-2-10(6-11)9-26-16-22-13(8-15(25)23-16)7-14(24)21-12-4-5-12/h1-3,6,8,12H,4-5,7,9H2,(H,21,24)(H,22,23,25). The molecule has 1 aliphatic carbocycles. The van der Waals surface area contributed by atoms with Gasteiger partial charge in [-0.3, -0.25) is 9.59 Å². The minimum atomic E-state index is -4.40. The highest BCUT2D eigenvalue weighted by atomic mass is 32.2. The first-order chi connectivity index (χ1) is 12.3. The third-order valence-corrected chi connectivity index (χ3v) is 4.63. The van der Waals surface area contributed by atoms with Gasteiger partial charge in [0.25, 0.3) is 5.56 Å². The van der Waals surface area contributed by atoms with Gasteiger partial charge in [0.2, 0.25) is 5.91 Å². The van der Waals surface area contributed by atoms with Gasteiger partial charge in [-0.15, -0.1) is 0 Å². The van der Waals surface area contributed by atoms with E-state index in [0.29, 0.717) is 11.3 Å². The van der Waals surface area contributed by atoms with Crippen LogP contribution >= 0.6 is 11.8 Å². The monoisotopic (exact) mass is 383 g/mol. The third kappa shape index (κ3) is 5.35. The van der Waals surface area contributed by atoms with E-state index >= 15 is 0 Å². The Morgan fingerprint density at radius 3 is 2.77 bits per heavy atom. The molecule has 0 atom stereocenters. The molecule has 9 heteroatoms. The molecule has 1 amide bonds. The Hall–Kier alpha value is -2.29. The molecule has 1 saturated carbocycles. The average Bonchev–Trinajstić information content (AvgIpc) is 3.35. The zero-order chi connectivity index (χ0) is 18.7. The largest absolute Gasteiger partial charge is 0.416 e. The van der Waals surface area contributed by atoms with E-state index in [2.05, 4.69) is 15.3 Å². The summed E-state index contributed by atoms with van der Waals surface area (Å²) in [5.41, 5.74) is -0.328. The van der Waals surface area contributed by atoms with Crippen molar-refractivity contribution in [2.75, 3.05) is 0 Å². The summed E-state index contributed by atoms with van der Waals surface area (Å²) in [5.74, 6) is 0.0179. The molecule has 0 bridgehead atoms. The van der Waals surface area contributed by atoms with Crippen molar-refractivity contribution in [1.82, 2.24) is 15.3 Å². The number of amides is 1. The van der Waals surface area contributed by atoms with Crippen LogP contribution in [0.15, 0.2) is 40.3 Å². The highest BCUT2D eigenvalue weighted by Crippen LogP contribution is 2.30. The van der Waals surface area contributed by atoms with Crippen LogP contribution in [0.4, 0.5) is 13.2 Å². The molecule has 0 unspecified atom stereocenters. The van der Waals surface area contributed by atoms with Gasteiger partial charge < -0.3 is 10.3 Å². The number of carbonyl (C=O) groups is 1. The predicted molar refractivity (Wildman–Crippen MR) is 90.7 cm³/mol. The van der Waals surface area contributed by atoms with Gasteiger partial charge in [0, 0.05) is 17.9 Å². The van der Waals surface area contributed by atoms with Crippen LogP contribution in [0.3, 0.4) is 0 Å². The zero-order valence-corrected chi connectivity index (χ0v) is 14.4. The number of nitrogens with zero attached hydrogens (tertiary/aromatic N) is 1. The fraction of sp³-hybridized carbons (Fsp3) is 0.353. The molecule has 0 saturated heterocycles. The highest BCUT2D eigenvalue weighted by Gasteiger charge is 2.30. The summed E-state index contributed by atoms with van der Waals surface area (Å²) in [5, 5.41) is 3.08. The number of hydrogen-bond acceptors (Lipinski definition) is 4. The van der Waals surface area contributed by atoms with Crippen LogP contribution in [-0.4, -0.2) is 21.9 Å². The van der Waals surface area contributed by atoms with Gasteiger partial charge in [0.1, 0.15) is 0 Å². The molecule has 1 heterocycles. The van der Waals surface area contributed by atoms with Crippen LogP contribution in [0, 0.1) is 0 Å². The predicted octanol–water partition coefficient (Wildman–Crippen LogP) is 2.90. The molecule has 1 aromatic heterocycles. The third-order valence-electron chi connectivity index (χ3n) is 3.69. The molecule has 0 spiro atoms. The van der Waals surface area contributed by atoms with Crippen LogP contribution in [0.5, 0.6) is 0 Å². The molecule has 1 aliphatic rings. The molecule has 1 aromatic carbocycles. The Morgan fingerprint density at radius 2 is 2.08 bits per heavy atom. The van der Waals surface area contributed by atoms with Gasteiger partial charge in [-0.2, -0.15) is 13.2 Å². The van der Waals surface area contributed by atoms with Gasteiger partial charge in [0.15, 0.2) is 5.16 Å². The van der Waals surface area contributed by atoms with Crippen LogP contribution in [0.25, 0.3) is 0 Å². The van der Waals surface area contributed by atoms with Gasteiger partial charge >= 0.3 is 6.18 Å². The molecule has 0 aliphatic heterocycles. The maximum absolute atomic E-state index is 12.7. The van der Waals surface area contributed by atoms with Crippen LogP contribution < -0.4 is 10.9 Å². The second-order valence-corrected chi connectivity index (χ2v) is 7.01. The summed E-state index contributed by atoms with van der Waals surface area (Å²) in [6.45, 7) is 0. The van der Waals surface area contributed by atoms with Crippen LogP contribution in [0.1, 0.15) is 29.7 Å². The summed E-state index contributed by atoms with van der Waals surface area (Å²) in [6.07, 6.45) is -2.47. The molecule has 138 valence electrons. The average molecular weight is 383 g/mol. The second kappa shape index (κ2) is 7.53. The normalized spacial score (nSPS) is 14.3. The fourth-order valence-corrected chi connectivity index (χ4v) is 3.14. The first-order valence-corrected chi connectivity index (χ1v) is 8.97. The Kier molecular flexibility index (Phi) is 5.36. The van der Waals surface area contributed by atoms with Crippen molar-refractivity contribution in [3.63, 3.8) is 0 Å². The summed E-state index contributed by atoms with van der Waals surface area (Å²) < 4.78 is 38.2. The van der Waals surface area contributed by atoms with Gasteiger partial charge in [-0.05, 0) is 24.5 Å². The summed E-state index contributed by atoms with van der Waals surface area (Å²) in [6, 6.07) is 6.46. The van der Waals surface area contributed by atoms with Gasteiger partial charge in [-0.25, -0.2) is 4.98 Å². The number of nitrogens with one attached hydrogen (secondary N) is 2. The van der Waals surface area contributed by atoms with Crippen LogP contribution in [-0.2, 0) is 23.1 Å². The first-order valence-electron chi connectivity index (χ1n) is 7.98. The second-order valence-electron chi connectivity index (χ2n) is 6.05. The Morgan fingerprint density at radius 1 is 1.31 bits per heavy atom. The molecule has 3 rings (SSSR count). The molecule has 2 N–H and O–H groups in total. The highest BCUT2D eigenvalue weighted by molar-refractivity contribution is 7.98. The Labute approximate surface area is 151 Å². The van der Waals surface area contributed by atoms with Crippen molar-refractivity contribution in [3.8, 4) is 0 Å². The van der Waals surface area contributed by atoms with Crippen molar-refractivity contribution in [2.24, 2.45) is 0 Å². The lowest BCUT2D eigenvalue weighted by Gasteiger charge is -2.09. The van der Waals surface area contributed by atoms with Crippen LogP contribution in [0.2, 0.25) is 0 Å². The number of aromatic amines is 1. The summed E-state index contributed by atoms with van der Waals surface area (Å²) in [7, 11) is 0. The van der Waals surface area contributed by atoms with Crippen molar-refractivity contribution in [2.45, 2.75) is 42.4 Å². The van der Waals surface area contributed by atoms with Crippen molar-refractivity contribution < 1.29 is 18.0 Å². The van der Waals surface area contributed by atoms with E-state index in [9.17, 15) is 22.8 Å². The van der Waals surface area contributed by atoms with E-state index in [-0.39, 0.29) is 29.3 Å². The molecule has 0 radical (unpaired) electrons. The van der Waals surface area contributed by atoms with E-state index in [1.165, 1.54) is 12.1 Å². The van der Waals surface area contributed by atoms with Crippen molar-refractivity contribution >= 4 is 17.7 Å². The van der Waals surface area contributed by atoms with E-state index in [1.54, 1.807) is 6.07 Å². The van der Waals surface area contributed by atoms with Crippen molar-refractivity contribution in [3.05, 3.63) is 57.5 Å². The topological polar surface area (TPSA) is 74.8 Å². The quantitative estimate of drug-likeness (QED) is 0.594. The lowest BCUT2D eigenvalue weighted by molar-refractivity contribution is -0.137. The maximum Gasteiger partial charge on any atom is 0.416 e. The minimum Gasteiger partial charge on any atom is -0.353 e. The summed E-state index contributed by atoms with van der Waals surface area (Å²) >= 11 is 1.11. The van der Waals surface area contributed by atoms with Crippen molar-refractivity contribution in [1.29, 1.82) is 0 Å². The molecule has 1 fully saturated rings. The minimum absolute atomic E-state index is 0.00244. The van der Waals surface area contributed by atoms with E-state index < -0.39 is 17.3 Å². The number of benzene rings is 1. The lowest BCUT2D eigenvalue weighted by Crippen LogP contribution is -2.28. The first kappa shape index (κ1) is 18.5. The lowest BCUT2D eigenvalue weighted by atomic mass is 10.1. The SMILES string of the molecule is O=C(Cc1cc(=O)[nH]c(SCc2cccc(C(F)(F)F)c2)n1)NC1CC1. The Bertz CT molecular complexity index is 863. The Balaban J connectivity index is 1.66. The number of hydrogen-bond donors (Lipinski definition) is 2. The fourth-order valence-electron chi connectivity index (χ4n) is 2.30. The number of thioether (sulfide) groups is 1. The number of carbonyl (C=O) groups excluding carboxylic acids is 1. The molecule has 2 aromatic rings.